The van der Waals surface area contributed by atoms with Crippen molar-refractivity contribution in [1.82, 2.24) is 4.90 Å². The summed E-state index contributed by atoms with van der Waals surface area (Å²) < 4.78 is 17.7. The summed E-state index contributed by atoms with van der Waals surface area (Å²) in [5, 5.41) is 60.0. The number of nitrogens with zero attached hydrogens (tertiary/aromatic N) is 1. The van der Waals surface area contributed by atoms with Crippen molar-refractivity contribution in [3.05, 3.63) is 0 Å². The molecule has 7 bridgehead atoms. The quantitative estimate of drug-likeness (QED) is 0.338. The predicted molar refractivity (Wildman–Crippen MR) is 111 cm³/mol. The highest BCUT2D eigenvalue weighted by Crippen LogP contribution is 2.78. The Balaban J connectivity index is 1.68. The number of β-amino-alcohol motifs (C(OH)–C–C–N with tert-alkyl or cyclic N) is 1. The molecule has 9 nitrogen and oxygen atoms in total. The first-order valence-corrected chi connectivity index (χ1v) is 12.0. The Morgan fingerprint density at radius 1 is 0.969 bits per heavy atom. The molecule has 6 aliphatic rings. The summed E-state index contributed by atoms with van der Waals surface area (Å²) in [5.74, 6) is -1.35. The van der Waals surface area contributed by atoms with E-state index in [1.807, 2.05) is 11.8 Å². The molecule has 182 valence electrons. The number of hydrogen-bond donors (Lipinski definition) is 5. The fourth-order valence-electron chi connectivity index (χ4n) is 10.3. The number of likely N-dealkylation sites (tertiary alicyclic amines) is 1. The Kier molecular flexibility index (Phi) is 4.45. The Hall–Kier alpha value is -0.360. The van der Waals surface area contributed by atoms with Crippen LogP contribution in [0.4, 0.5) is 0 Å². The highest BCUT2D eigenvalue weighted by Gasteiger charge is 2.92. The molecule has 5 saturated carbocycles. The van der Waals surface area contributed by atoms with Gasteiger partial charge in [0.15, 0.2) is 0 Å². The maximum Gasteiger partial charge on any atom is 0.136 e. The molecule has 1 saturated heterocycles. The molecule has 5 aliphatic carbocycles. The van der Waals surface area contributed by atoms with Gasteiger partial charge in [0, 0.05) is 63.9 Å². The summed E-state index contributed by atoms with van der Waals surface area (Å²) in [6.45, 7) is 2.60. The van der Waals surface area contributed by atoms with Gasteiger partial charge in [-0.2, -0.15) is 0 Å². The summed E-state index contributed by atoms with van der Waals surface area (Å²) in [4.78, 5) is 1.96. The minimum Gasteiger partial charge on any atom is -0.392 e. The van der Waals surface area contributed by atoms with Crippen LogP contribution >= 0.6 is 0 Å². The first-order valence-electron chi connectivity index (χ1n) is 12.0. The van der Waals surface area contributed by atoms with Crippen LogP contribution in [0.25, 0.3) is 0 Å². The zero-order chi connectivity index (χ0) is 23.0. The maximum atomic E-state index is 12.7. The number of hydrogen-bond acceptors (Lipinski definition) is 9. The maximum absolute atomic E-state index is 12.7. The van der Waals surface area contributed by atoms with E-state index in [9.17, 15) is 25.5 Å². The second kappa shape index (κ2) is 6.44. The lowest BCUT2D eigenvalue weighted by atomic mass is 9.44. The highest BCUT2D eigenvalue weighted by molar-refractivity contribution is 5.42. The number of methoxy groups -OCH3 is 3. The molecule has 5 N–H and O–H groups in total. The zero-order valence-corrected chi connectivity index (χ0v) is 19.2. The van der Waals surface area contributed by atoms with Crippen LogP contribution in [0.15, 0.2) is 0 Å². The Bertz CT molecular complexity index is 815. The fraction of sp³-hybridized carbons (Fsp3) is 1.00. The van der Waals surface area contributed by atoms with Gasteiger partial charge in [0.2, 0.25) is 0 Å². The fourth-order valence-corrected chi connectivity index (χ4v) is 10.3. The number of likely N-dealkylation sites (N-methyl/N-ethyl adjacent to an activating group) is 1. The summed E-state index contributed by atoms with van der Waals surface area (Å²) in [6.07, 6.45) is -2.79. The molecular formula is C23H37NO8. The molecule has 1 spiro atoms. The average Bonchev–Trinajstić information content (AvgIpc) is 3.19. The van der Waals surface area contributed by atoms with Crippen LogP contribution < -0.4 is 0 Å². The van der Waals surface area contributed by atoms with E-state index in [0.29, 0.717) is 13.0 Å². The Morgan fingerprint density at radius 2 is 1.69 bits per heavy atom. The van der Waals surface area contributed by atoms with Gasteiger partial charge in [-0.15, -0.1) is 0 Å². The van der Waals surface area contributed by atoms with Gasteiger partial charge in [-0.3, -0.25) is 4.90 Å². The molecule has 0 radical (unpaired) electrons. The number of aliphatic hydroxyl groups is 5. The minimum absolute atomic E-state index is 0.0153. The molecular weight excluding hydrogens is 418 g/mol. The SMILES string of the molecule is CCN1C[C@@]2(O)[C@H]3[C@H](OC)[C@]4(O)[C@@H]1[C@@]3([C@@H]1C[C@H]3[C@H](OC)[C@@H]1[C@]4(O)C[C@@H]3OC)[C@@H](O)C[C@@H]2O. The average molecular weight is 456 g/mol. The van der Waals surface area contributed by atoms with Crippen molar-refractivity contribution in [1.29, 1.82) is 0 Å². The minimum atomic E-state index is -1.78. The smallest absolute Gasteiger partial charge is 0.136 e. The third kappa shape index (κ3) is 1.92. The molecule has 0 aromatic carbocycles. The topological polar surface area (TPSA) is 132 Å². The van der Waals surface area contributed by atoms with Crippen LogP contribution in [0.2, 0.25) is 0 Å². The lowest BCUT2D eigenvalue weighted by molar-refractivity contribution is -0.329. The molecule has 6 fully saturated rings. The van der Waals surface area contributed by atoms with Crippen LogP contribution in [-0.4, -0.2) is 118 Å². The standard InChI is InChI=1S/C23H37NO8/c1-5-24-9-20(27)13(25)7-14(26)22-11-6-10-12(30-2)8-21(28,15(11)16(10)31-3)23(29,19(22)24)18(32-4)17(20)22/h10-19,25-29H,5-9H2,1-4H3/t10-,11-,12+,13+,14+,15-,16+,17-,18+,19+,20+,21-,22+,23+/m1/s1. The molecule has 0 amide bonds. The van der Waals surface area contributed by atoms with Crippen LogP contribution in [0, 0.1) is 29.1 Å². The van der Waals surface area contributed by atoms with E-state index in [0.717, 1.165) is 0 Å². The van der Waals surface area contributed by atoms with Gasteiger partial charge in [0.25, 0.3) is 0 Å². The van der Waals surface area contributed by atoms with Crippen molar-refractivity contribution in [2.75, 3.05) is 34.4 Å². The normalized spacial score (nSPS) is 64.8. The number of ether oxygens (including phenoxy) is 3. The van der Waals surface area contributed by atoms with Crippen LogP contribution in [-0.2, 0) is 14.2 Å². The van der Waals surface area contributed by atoms with Gasteiger partial charge in [-0.25, -0.2) is 0 Å². The predicted octanol–water partition coefficient (Wildman–Crippen LogP) is -1.66. The van der Waals surface area contributed by atoms with Gasteiger partial charge in [0.05, 0.1) is 36.6 Å². The van der Waals surface area contributed by atoms with Gasteiger partial charge in [0.1, 0.15) is 16.8 Å². The number of aliphatic hydroxyl groups excluding tert-OH is 2. The van der Waals surface area contributed by atoms with Crippen LogP contribution in [0.5, 0.6) is 0 Å². The summed E-state index contributed by atoms with van der Waals surface area (Å²) in [7, 11) is 4.73. The van der Waals surface area contributed by atoms with Crippen molar-refractivity contribution < 1.29 is 39.7 Å². The van der Waals surface area contributed by atoms with E-state index in [2.05, 4.69) is 0 Å². The highest BCUT2D eigenvalue weighted by atomic mass is 16.5. The van der Waals surface area contributed by atoms with E-state index >= 15 is 0 Å². The van der Waals surface area contributed by atoms with Gasteiger partial charge >= 0.3 is 0 Å². The van der Waals surface area contributed by atoms with Gasteiger partial charge in [-0.05, 0) is 18.9 Å². The molecule has 1 heterocycles. The van der Waals surface area contributed by atoms with E-state index < -0.39 is 58.4 Å². The lowest BCUT2D eigenvalue weighted by Gasteiger charge is -2.69. The van der Waals surface area contributed by atoms with Crippen molar-refractivity contribution in [3.8, 4) is 0 Å². The van der Waals surface area contributed by atoms with E-state index in [1.165, 1.54) is 7.11 Å². The molecule has 32 heavy (non-hydrogen) atoms. The number of piperidine rings is 1. The van der Waals surface area contributed by atoms with Crippen molar-refractivity contribution in [2.24, 2.45) is 29.1 Å². The Morgan fingerprint density at radius 3 is 2.28 bits per heavy atom. The molecule has 6 rings (SSSR count). The zero-order valence-electron chi connectivity index (χ0n) is 19.2. The molecule has 14 atom stereocenters. The molecule has 0 unspecified atom stereocenters. The Labute approximate surface area is 188 Å². The third-order valence-corrected chi connectivity index (χ3v) is 11.0. The van der Waals surface area contributed by atoms with Crippen molar-refractivity contribution >= 4 is 0 Å². The first-order chi connectivity index (χ1) is 15.1. The van der Waals surface area contributed by atoms with Gasteiger partial charge < -0.3 is 39.7 Å². The van der Waals surface area contributed by atoms with E-state index in [-0.39, 0.29) is 43.4 Å². The number of rotatable bonds is 4. The first kappa shape index (κ1) is 22.1. The third-order valence-electron chi connectivity index (χ3n) is 11.0. The second-order valence-electron chi connectivity index (χ2n) is 11.3. The molecule has 0 aromatic rings. The second-order valence-corrected chi connectivity index (χ2v) is 11.3. The summed E-state index contributed by atoms with van der Waals surface area (Å²) in [6, 6.07) is -0.615. The molecule has 9 heteroatoms. The van der Waals surface area contributed by atoms with E-state index in [1.54, 1.807) is 14.2 Å². The van der Waals surface area contributed by atoms with Crippen LogP contribution in [0.3, 0.4) is 0 Å². The lowest BCUT2D eigenvalue weighted by Crippen LogP contribution is -2.83. The van der Waals surface area contributed by atoms with Crippen LogP contribution in [0.1, 0.15) is 26.2 Å². The van der Waals surface area contributed by atoms with Gasteiger partial charge in [-0.1, -0.05) is 6.92 Å². The van der Waals surface area contributed by atoms with E-state index in [4.69, 9.17) is 14.2 Å². The monoisotopic (exact) mass is 455 g/mol. The molecule has 1 aliphatic heterocycles. The summed E-state index contributed by atoms with van der Waals surface area (Å²) >= 11 is 0. The summed E-state index contributed by atoms with van der Waals surface area (Å²) in [5.41, 5.74) is -5.87. The van der Waals surface area contributed by atoms with Crippen molar-refractivity contribution in [3.63, 3.8) is 0 Å². The largest absolute Gasteiger partial charge is 0.392 e. The van der Waals surface area contributed by atoms with Crippen molar-refractivity contribution in [2.45, 2.75) is 79.6 Å². The number of fused-ring (bicyclic) bond motifs is 2. The molecule has 0 aromatic heterocycles.